The van der Waals surface area contributed by atoms with Crippen molar-refractivity contribution in [3.05, 3.63) is 33.1 Å². The highest BCUT2D eigenvalue weighted by atomic mass is 19.4. The number of aliphatic hydroxyl groups excluding tert-OH is 1. The second kappa shape index (κ2) is 7.15. The van der Waals surface area contributed by atoms with Gasteiger partial charge in [0.1, 0.15) is 11.6 Å². The molecule has 1 aliphatic heterocycles. The third-order valence-electron chi connectivity index (χ3n) is 3.96. The van der Waals surface area contributed by atoms with Crippen LogP contribution in [0.5, 0.6) is 0 Å². The van der Waals surface area contributed by atoms with Crippen molar-refractivity contribution in [2.75, 3.05) is 6.61 Å². The number of H-pyrrole nitrogens is 1. The summed E-state index contributed by atoms with van der Waals surface area (Å²) >= 11 is 0. The number of aromatic nitrogens is 2. The molecule has 3 N–H and O–H groups in total. The first kappa shape index (κ1) is 20.6. The normalized spacial score (nSPS) is 28.0. The van der Waals surface area contributed by atoms with Gasteiger partial charge in [0.15, 0.2) is 12.3 Å². The molecule has 2 rings (SSSR count). The zero-order valence-corrected chi connectivity index (χ0v) is 14.1. The van der Waals surface area contributed by atoms with Crippen molar-refractivity contribution in [1.29, 1.82) is 0 Å². The molecule has 0 unspecified atom stereocenters. The van der Waals surface area contributed by atoms with E-state index in [0.29, 0.717) is 4.57 Å². The number of esters is 1. The van der Waals surface area contributed by atoms with Crippen LogP contribution in [-0.4, -0.2) is 57.1 Å². The summed E-state index contributed by atoms with van der Waals surface area (Å²) in [6.07, 6.45) is -8.88. The van der Waals surface area contributed by atoms with E-state index in [1.54, 1.807) is 5.32 Å². The van der Waals surface area contributed by atoms with E-state index in [1.165, 1.54) is 0 Å². The lowest BCUT2D eigenvalue weighted by molar-refractivity contribution is -0.178. The van der Waals surface area contributed by atoms with Crippen LogP contribution in [0.25, 0.3) is 0 Å². The summed E-state index contributed by atoms with van der Waals surface area (Å²) in [6.45, 7) is 1.24. The number of aliphatic hydroxyl groups is 1. The van der Waals surface area contributed by atoms with E-state index < -0.39 is 59.9 Å². The molecule has 0 aliphatic carbocycles. The Bertz CT molecular complexity index is 849. The van der Waals surface area contributed by atoms with Gasteiger partial charge in [-0.05, 0) is 6.92 Å². The smallest absolute Gasteiger partial charge is 0.457 e. The molecular weight excluding hydrogens is 379 g/mol. The first-order chi connectivity index (χ1) is 12.4. The highest BCUT2D eigenvalue weighted by Crippen LogP contribution is 2.40. The zero-order chi connectivity index (χ0) is 20.6. The zero-order valence-electron chi connectivity index (χ0n) is 14.1. The molecule has 0 radical (unpaired) electrons. The first-order valence-corrected chi connectivity index (χ1v) is 7.54. The number of amides is 1. The van der Waals surface area contributed by atoms with Crippen LogP contribution >= 0.6 is 0 Å². The Morgan fingerprint density at radius 2 is 2.07 bits per heavy atom. The van der Waals surface area contributed by atoms with Crippen LogP contribution in [0.1, 0.15) is 20.1 Å². The molecule has 1 aliphatic rings. The standard InChI is InChI=1S/C14H16F3N3O7/c1-6(22)26-9-7(5-21)27-11(20-4-3-8(23)18-12(20)25)13(9,2)19-10(24)14(15,16)17/h3-4,7,9,11,21H,5H2,1-2H3,(H,19,24)(H,18,23,25)/t7-,9+,11+,13+/m0/s1. The summed E-state index contributed by atoms with van der Waals surface area (Å²) in [4.78, 5) is 48.1. The number of hydrogen-bond donors (Lipinski definition) is 3. The molecule has 0 spiro atoms. The van der Waals surface area contributed by atoms with E-state index in [9.17, 15) is 37.5 Å². The summed E-state index contributed by atoms with van der Waals surface area (Å²) in [5, 5.41) is 11.1. The van der Waals surface area contributed by atoms with Crippen molar-refractivity contribution in [2.24, 2.45) is 0 Å². The van der Waals surface area contributed by atoms with Gasteiger partial charge in [-0.1, -0.05) is 0 Å². The predicted octanol–water partition coefficient (Wildman–Crippen LogP) is -1.20. The van der Waals surface area contributed by atoms with Gasteiger partial charge in [-0.25, -0.2) is 4.79 Å². The van der Waals surface area contributed by atoms with Crippen LogP contribution in [-0.2, 0) is 19.1 Å². The van der Waals surface area contributed by atoms with Gasteiger partial charge < -0.3 is 19.9 Å². The van der Waals surface area contributed by atoms with Gasteiger partial charge in [0.25, 0.3) is 5.56 Å². The first-order valence-electron chi connectivity index (χ1n) is 7.54. The number of rotatable bonds is 4. The van der Waals surface area contributed by atoms with Crippen LogP contribution in [0, 0.1) is 0 Å². The molecule has 4 atom stereocenters. The molecule has 0 aromatic carbocycles. The molecule has 1 aromatic rings. The summed E-state index contributed by atoms with van der Waals surface area (Å²) in [5.74, 6) is -3.28. The molecule has 27 heavy (non-hydrogen) atoms. The molecule has 0 bridgehead atoms. The fraction of sp³-hybridized carbons (Fsp3) is 0.571. The topological polar surface area (TPSA) is 140 Å². The Kier molecular flexibility index (Phi) is 5.47. The average molecular weight is 395 g/mol. The Balaban J connectivity index is 2.58. The fourth-order valence-corrected chi connectivity index (χ4v) is 2.84. The molecule has 0 saturated carbocycles. The van der Waals surface area contributed by atoms with Crippen molar-refractivity contribution >= 4 is 11.9 Å². The van der Waals surface area contributed by atoms with E-state index >= 15 is 0 Å². The summed E-state index contributed by atoms with van der Waals surface area (Å²) in [7, 11) is 0. The van der Waals surface area contributed by atoms with E-state index in [-0.39, 0.29) is 0 Å². The number of ether oxygens (including phenoxy) is 2. The number of carbonyl (C=O) groups is 2. The van der Waals surface area contributed by atoms with Gasteiger partial charge in [0.2, 0.25) is 0 Å². The molecule has 1 saturated heterocycles. The summed E-state index contributed by atoms with van der Waals surface area (Å²) in [6, 6.07) is 0.907. The molecule has 1 fully saturated rings. The minimum absolute atomic E-state index is 0.713. The van der Waals surface area contributed by atoms with Gasteiger partial charge in [-0.15, -0.1) is 0 Å². The second-order valence-corrected chi connectivity index (χ2v) is 5.99. The molecule has 10 nitrogen and oxygen atoms in total. The maximum Gasteiger partial charge on any atom is 0.471 e. The van der Waals surface area contributed by atoms with Crippen LogP contribution in [0.15, 0.2) is 21.9 Å². The maximum atomic E-state index is 12.8. The van der Waals surface area contributed by atoms with Crippen LogP contribution in [0.4, 0.5) is 13.2 Å². The van der Waals surface area contributed by atoms with Crippen LogP contribution < -0.4 is 16.6 Å². The number of aromatic amines is 1. The fourth-order valence-electron chi connectivity index (χ4n) is 2.84. The molecular formula is C14H16F3N3O7. The number of nitrogens with one attached hydrogen (secondary N) is 2. The lowest BCUT2D eigenvalue weighted by atomic mass is 9.91. The Labute approximate surface area is 148 Å². The number of carbonyl (C=O) groups excluding carboxylic acids is 2. The largest absolute Gasteiger partial charge is 0.471 e. The monoisotopic (exact) mass is 395 g/mol. The predicted molar refractivity (Wildman–Crippen MR) is 80.5 cm³/mol. The van der Waals surface area contributed by atoms with Crippen LogP contribution in [0.3, 0.4) is 0 Å². The van der Waals surface area contributed by atoms with Gasteiger partial charge in [-0.3, -0.25) is 23.9 Å². The Morgan fingerprint density at radius 3 is 2.56 bits per heavy atom. The molecule has 150 valence electrons. The van der Waals surface area contributed by atoms with Crippen molar-refractivity contribution in [3.63, 3.8) is 0 Å². The highest BCUT2D eigenvalue weighted by molar-refractivity contribution is 5.82. The van der Waals surface area contributed by atoms with Gasteiger partial charge in [0, 0.05) is 19.2 Å². The van der Waals surface area contributed by atoms with E-state index in [2.05, 4.69) is 0 Å². The average Bonchev–Trinajstić information content (AvgIpc) is 2.79. The lowest BCUT2D eigenvalue weighted by Crippen LogP contribution is -2.61. The van der Waals surface area contributed by atoms with E-state index in [4.69, 9.17) is 9.47 Å². The summed E-state index contributed by atoms with van der Waals surface area (Å²) < 4.78 is 49.4. The van der Waals surface area contributed by atoms with Crippen LogP contribution in [0.2, 0.25) is 0 Å². The summed E-state index contributed by atoms with van der Waals surface area (Å²) in [5.41, 5.74) is -3.92. The Morgan fingerprint density at radius 1 is 1.44 bits per heavy atom. The van der Waals surface area contributed by atoms with Gasteiger partial charge in [0.05, 0.1) is 6.61 Å². The molecule has 1 amide bonds. The number of alkyl halides is 3. The Hall–Kier alpha value is -2.67. The minimum atomic E-state index is -5.28. The third kappa shape index (κ3) is 4.03. The van der Waals surface area contributed by atoms with Crippen molar-refractivity contribution in [1.82, 2.24) is 14.9 Å². The molecule has 2 heterocycles. The third-order valence-corrected chi connectivity index (χ3v) is 3.96. The quantitative estimate of drug-likeness (QED) is 0.544. The van der Waals surface area contributed by atoms with Crippen molar-refractivity contribution < 1.29 is 37.3 Å². The lowest BCUT2D eigenvalue weighted by Gasteiger charge is -2.35. The molecule has 13 heteroatoms. The van der Waals surface area contributed by atoms with E-state index in [0.717, 1.165) is 26.1 Å². The second-order valence-electron chi connectivity index (χ2n) is 5.99. The number of nitrogens with zero attached hydrogens (tertiary/aromatic N) is 1. The van der Waals surface area contributed by atoms with Crippen molar-refractivity contribution in [3.8, 4) is 0 Å². The molecule has 1 aromatic heterocycles. The van der Waals surface area contributed by atoms with E-state index in [1.807, 2.05) is 4.98 Å². The minimum Gasteiger partial charge on any atom is -0.457 e. The number of hydrogen-bond acceptors (Lipinski definition) is 7. The van der Waals surface area contributed by atoms with Crippen molar-refractivity contribution in [2.45, 2.75) is 44.0 Å². The van der Waals surface area contributed by atoms with Gasteiger partial charge in [-0.2, -0.15) is 13.2 Å². The highest BCUT2D eigenvalue weighted by Gasteiger charge is 2.59. The van der Waals surface area contributed by atoms with Gasteiger partial charge >= 0.3 is 23.7 Å². The number of halogens is 3. The SMILES string of the molecule is CC(=O)O[C@@H]1[C@H](CO)O[C@@H](n2ccc(=O)[nH]c2=O)[C@]1(C)NC(=O)C(F)(F)F. The maximum absolute atomic E-state index is 12.8.